The third-order valence-corrected chi connectivity index (χ3v) is 6.15. The van der Waals surface area contributed by atoms with Crippen LogP contribution in [0.2, 0.25) is 0 Å². The Balaban J connectivity index is 1.57. The normalized spacial score (nSPS) is 15.6. The number of aromatic nitrogens is 4. The largest absolute Gasteiger partial charge is 0.408 e. The SMILES string of the molecule is Cc1cc(-c2cccc3ncsc23)nc2c(C(=O)NC(C3CC3)C(F)(F)F)ncn12. The molecule has 1 N–H and O–H groups in total. The molecule has 1 fully saturated rings. The Morgan fingerprint density at radius 2 is 2.10 bits per heavy atom. The number of rotatable bonds is 4. The van der Waals surface area contributed by atoms with Crippen molar-refractivity contribution in [3.05, 3.63) is 47.5 Å². The molecule has 4 aromatic rings. The van der Waals surface area contributed by atoms with E-state index in [0.717, 1.165) is 21.5 Å². The van der Waals surface area contributed by atoms with Crippen molar-refractivity contribution in [2.24, 2.45) is 5.92 Å². The lowest BCUT2D eigenvalue weighted by Crippen LogP contribution is -2.47. The molecule has 3 aromatic heterocycles. The maximum atomic E-state index is 13.3. The molecular weight excluding hydrogens is 415 g/mol. The van der Waals surface area contributed by atoms with Gasteiger partial charge in [0.25, 0.3) is 5.91 Å². The van der Waals surface area contributed by atoms with Crippen LogP contribution in [-0.2, 0) is 0 Å². The first kappa shape index (κ1) is 19.0. The minimum absolute atomic E-state index is 0.119. The van der Waals surface area contributed by atoms with E-state index < -0.39 is 24.0 Å². The molecule has 0 aliphatic heterocycles. The highest BCUT2D eigenvalue weighted by Gasteiger charge is 2.50. The van der Waals surface area contributed by atoms with Crippen molar-refractivity contribution >= 4 is 33.1 Å². The lowest BCUT2D eigenvalue weighted by Gasteiger charge is -2.20. The Labute approximate surface area is 172 Å². The van der Waals surface area contributed by atoms with E-state index >= 15 is 0 Å². The maximum Gasteiger partial charge on any atom is 0.408 e. The van der Waals surface area contributed by atoms with Gasteiger partial charge in [-0.1, -0.05) is 12.1 Å². The Morgan fingerprint density at radius 1 is 1.30 bits per heavy atom. The van der Waals surface area contributed by atoms with Gasteiger partial charge in [-0.25, -0.2) is 15.0 Å². The Morgan fingerprint density at radius 3 is 2.83 bits per heavy atom. The highest BCUT2D eigenvalue weighted by Crippen LogP contribution is 2.40. The first-order valence-corrected chi connectivity index (χ1v) is 10.3. The molecule has 1 unspecified atom stereocenters. The predicted molar refractivity (Wildman–Crippen MR) is 106 cm³/mol. The van der Waals surface area contributed by atoms with Gasteiger partial charge in [-0.15, -0.1) is 11.3 Å². The third-order valence-electron chi connectivity index (χ3n) is 5.27. The number of imidazole rings is 1. The molecule has 3 heterocycles. The number of aryl methyl sites for hydroxylation is 1. The van der Waals surface area contributed by atoms with Crippen molar-refractivity contribution in [2.75, 3.05) is 0 Å². The fraction of sp³-hybridized carbons (Fsp3) is 0.300. The van der Waals surface area contributed by atoms with Crippen LogP contribution in [0.5, 0.6) is 0 Å². The minimum atomic E-state index is -4.50. The molecule has 1 saturated carbocycles. The summed E-state index contributed by atoms with van der Waals surface area (Å²) in [5.74, 6) is -1.44. The number of thiazole rings is 1. The molecule has 10 heteroatoms. The van der Waals surface area contributed by atoms with Gasteiger partial charge >= 0.3 is 6.18 Å². The van der Waals surface area contributed by atoms with Gasteiger partial charge in [0.2, 0.25) is 0 Å². The van der Waals surface area contributed by atoms with Crippen molar-refractivity contribution in [3.8, 4) is 11.3 Å². The lowest BCUT2D eigenvalue weighted by molar-refractivity contribution is -0.158. The number of alkyl halides is 3. The summed E-state index contributed by atoms with van der Waals surface area (Å²) in [5.41, 5.74) is 4.90. The zero-order chi connectivity index (χ0) is 21.0. The summed E-state index contributed by atoms with van der Waals surface area (Å²) in [5, 5.41) is 2.13. The molecule has 1 atom stereocenters. The van der Waals surface area contributed by atoms with E-state index in [1.807, 2.05) is 31.2 Å². The number of halogens is 3. The molecule has 0 radical (unpaired) electrons. The molecule has 154 valence electrons. The van der Waals surface area contributed by atoms with Crippen molar-refractivity contribution in [1.82, 2.24) is 24.7 Å². The van der Waals surface area contributed by atoms with Gasteiger partial charge in [-0.2, -0.15) is 13.2 Å². The highest BCUT2D eigenvalue weighted by atomic mass is 32.1. The fourth-order valence-corrected chi connectivity index (χ4v) is 4.43. The fourth-order valence-electron chi connectivity index (χ4n) is 3.61. The van der Waals surface area contributed by atoms with E-state index in [2.05, 4.69) is 20.3 Å². The number of benzene rings is 1. The van der Waals surface area contributed by atoms with Crippen LogP contribution in [0.25, 0.3) is 27.1 Å². The first-order valence-electron chi connectivity index (χ1n) is 9.38. The Kier molecular flexibility index (Phi) is 4.28. The van der Waals surface area contributed by atoms with Crippen LogP contribution < -0.4 is 5.32 Å². The lowest BCUT2D eigenvalue weighted by atomic mass is 10.1. The second-order valence-corrected chi connectivity index (χ2v) is 8.26. The van der Waals surface area contributed by atoms with E-state index in [-0.39, 0.29) is 11.3 Å². The zero-order valence-electron chi connectivity index (χ0n) is 15.8. The Hall–Kier alpha value is -3.01. The van der Waals surface area contributed by atoms with Crippen molar-refractivity contribution in [3.63, 3.8) is 0 Å². The summed E-state index contributed by atoms with van der Waals surface area (Å²) >= 11 is 1.48. The first-order chi connectivity index (χ1) is 14.3. The van der Waals surface area contributed by atoms with Gasteiger partial charge in [0.15, 0.2) is 11.3 Å². The summed E-state index contributed by atoms with van der Waals surface area (Å²) in [6.07, 6.45) is -2.18. The molecule has 1 aliphatic rings. The van der Waals surface area contributed by atoms with Gasteiger partial charge in [0.05, 0.1) is 21.4 Å². The number of hydrogen-bond acceptors (Lipinski definition) is 5. The maximum absolute atomic E-state index is 13.3. The number of carbonyl (C=O) groups is 1. The van der Waals surface area contributed by atoms with Gasteiger partial charge in [0.1, 0.15) is 12.4 Å². The van der Waals surface area contributed by atoms with Crippen LogP contribution in [0.4, 0.5) is 13.2 Å². The van der Waals surface area contributed by atoms with Crippen LogP contribution in [0.1, 0.15) is 29.0 Å². The third kappa shape index (κ3) is 3.20. The number of nitrogens with one attached hydrogen (secondary N) is 1. The van der Waals surface area contributed by atoms with Gasteiger partial charge < -0.3 is 5.32 Å². The van der Waals surface area contributed by atoms with Gasteiger partial charge in [-0.05, 0) is 37.8 Å². The average molecular weight is 431 g/mol. The summed E-state index contributed by atoms with van der Waals surface area (Å²) in [6.45, 7) is 1.83. The topological polar surface area (TPSA) is 72.2 Å². The predicted octanol–water partition coefficient (Wildman–Crippen LogP) is 4.39. The van der Waals surface area contributed by atoms with Crippen molar-refractivity contribution < 1.29 is 18.0 Å². The summed E-state index contributed by atoms with van der Waals surface area (Å²) < 4.78 is 42.6. The number of carbonyl (C=O) groups excluding carboxylic acids is 1. The minimum Gasteiger partial charge on any atom is -0.339 e. The van der Waals surface area contributed by atoms with Crippen LogP contribution in [0, 0.1) is 12.8 Å². The number of nitrogens with zero attached hydrogens (tertiary/aromatic N) is 4. The number of hydrogen-bond donors (Lipinski definition) is 1. The van der Waals surface area contributed by atoms with Crippen LogP contribution in [0.15, 0.2) is 36.1 Å². The van der Waals surface area contributed by atoms with Crippen molar-refractivity contribution in [2.45, 2.75) is 32.0 Å². The molecule has 30 heavy (non-hydrogen) atoms. The zero-order valence-corrected chi connectivity index (χ0v) is 16.6. The van der Waals surface area contributed by atoms with Crippen LogP contribution in [-0.4, -0.2) is 37.5 Å². The molecule has 0 spiro atoms. The van der Waals surface area contributed by atoms with Crippen LogP contribution >= 0.6 is 11.3 Å². The molecule has 5 rings (SSSR count). The van der Waals surface area contributed by atoms with Crippen molar-refractivity contribution in [1.29, 1.82) is 0 Å². The summed E-state index contributed by atoms with van der Waals surface area (Å²) in [7, 11) is 0. The van der Waals surface area contributed by atoms with E-state index in [1.54, 1.807) is 9.91 Å². The monoisotopic (exact) mass is 431 g/mol. The average Bonchev–Trinajstić information content (AvgIpc) is 3.23. The molecule has 0 saturated heterocycles. The van der Waals surface area contributed by atoms with E-state index in [4.69, 9.17) is 0 Å². The molecule has 1 aliphatic carbocycles. The van der Waals surface area contributed by atoms with E-state index in [0.29, 0.717) is 18.5 Å². The summed E-state index contributed by atoms with van der Waals surface area (Å²) in [6, 6.07) is 5.66. The molecule has 1 amide bonds. The number of amides is 1. The quantitative estimate of drug-likeness (QED) is 0.520. The second kappa shape index (κ2) is 6.76. The standard InChI is InChI=1S/C20H16F3N5OS/c1-10-7-14(12-3-2-4-13-16(12)30-9-25-13)26-18-15(24-8-28(10)18)19(29)27-17(11-5-6-11)20(21,22)23/h2-4,7-9,11,17H,5-6H2,1H3,(H,27,29). The van der Waals surface area contributed by atoms with E-state index in [1.165, 1.54) is 17.7 Å². The van der Waals surface area contributed by atoms with Crippen LogP contribution in [0.3, 0.4) is 0 Å². The molecule has 0 bridgehead atoms. The van der Waals surface area contributed by atoms with Gasteiger partial charge in [0, 0.05) is 11.3 Å². The Bertz CT molecular complexity index is 1270. The van der Waals surface area contributed by atoms with E-state index in [9.17, 15) is 18.0 Å². The number of fused-ring (bicyclic) bond motifs is 2. The summed E-state index contributed by atoms with van der Waals surface area (Å²) in [4.78, 5) is 25.7. The van der Waals surface area contributed by atoms with Gasteiger partial charge in [-0.3, -0.25) is 9.20 Å². The molecule has 1 aromatic carbocycles. The molecule has 6 nitrogen and oxygen atoms in total. The molecular formula is C20H16F3N5OS. The highest BCUT2D eigenvalue weighted by molar-refractivity contribution is 7.17. The smallest absolute Gasteiger partial charge is 0.339 e. The second-order valence-electron chi connectivity index (χ2n) is 7.41.